The second-order valence-corrected chi connectivity index (χ2v) is 11.0. The normalized spacial score (nSPS) is 17.7. The van der Waals surface area contributed by atoms with Crippen LogP contribution in [0, 0.1) is 5.41 Å². The summed E-state index contributed by atoms with van der Waals surface area (Å²) in [6, 6.07) is 15.0. The molecular weight excluding hydrogens is 488 g/mol. The molecule has 1 unspecified atom stereocenters. The number of carbonyl (C=O) groups excluding carboxylic acids is 1. The second-order valence-electron chi connectivity index (χ2n) is 7.60. The SMILES string of the molecule is CCOc1cc(/C=C2/C(=N)N3N=C(S(=O)(=O)CC)SC3=NC2=O)ccc1OC(C)c1ccccc1. The molecule has 182 valence electrons. The molecule has 11 heteroatoms. The monoisotopic (exact) mass is 512 g/mol. The molecule has 1 N–H and O–H groups in total. The number of benzene rings is 2. The van der Waals surface area contributed by atoms with Crippen molar-refractivity contribution in [1.82, 2.24) is 5.01 Å². The van der Waals surface area contributed by atoms with Gasteiger partial charge in [-0.15, -0.1) is 5.10 Å². The zero-order valence-corrected chi connectivity index (χ0v) is 21.0. The van der Waals surface area contributed by atoms with Crippen LogP contribution in [0.2, 0.25) is 0 Å². The lowest BCUT2D eigenvalue weighted by atomic mass is 10.1. The molecule has 0 spiro atoms. The van der Waals surface area contributed by atoms with Gasteiger partial charge in [0.25, 0.3) is 5.91 Å². The summed E-state index contributed by atoms with van der Waals surface area (Å²) < 4.78 is 36.1. The Morgan fingerprint density at radius 3 is 2.57 bits per heavy atom. The maximum absolute atomic E-state index is 12.7. The van der Waals surface area contributed by atoms with Gasteiger partial charge in [-0.2, -0.15) is 10.0 Å². The van der Waals surface area contributed by atoms with E-state index >= 15 is 0 Å². The van der Waals surface area contributed by atoms with E-state index in [1.165, 1.54) is 13.0 Å². The largest absolute Gasteiger partial charge is 0.490 e. The number of hydrogen-bond donors (Lipinski definition) is 1. The van der Waals surface area contributed by atoms with E-state index in [1.807, 2.05) is 44.2 Å². The minimum atomic E-state index is -3.59. The van der Waals surface area contributed by atoms with Gasteiger partial charge in [0.05, 0.1) is 17.9 Å². The molecule has 1 amide bonds. The van der Waals surface area contributed by atoms with Gasteiger partial charge in [0.1, 0.15) is 6.10 Å². The lowest BCUT2D eigenvalue weighted by molar-refractivity contribution is -0.114. The summed E-state index contributed by atoms with van der Waals surface area (Å²) in [5.74, 6) is 0.0155. The standard InChI is InChI=1S/C24H24N4O5S2/c1-4-32-20-14-16(11-12-19(20)33-15(3)17-9-7-6-8-10-17)13-18-21(25)28-23(26-22(18)29)34-24(27-28)35(30,31)5-2/h6-15,25H,4-5H2,1-3H3/b18-13-,25-21?. The maximum atomic E-state index is 12.7. The fourth-order valence-electron chi connectivity index (χ4n) is 3.35. The third-order valence-electron chi connectivity index (χ3n) is 5.23. The molecule has 0 fully saturated rings. The lowest BCUT2D eigenvalue weighted by Crippen LogP contribution is -2.35. The first-order valence-corrected chi connectivity index (χ1v) is 13.4. The molecule has 0 saturated heterocycles. The Kier molecular flexibility index (Phi) is 7.08. The number of nitrogens with zero attached hydrogens (tertiary/aromatic N) is 3. The molecule has 0 saturated carbocycles. The van der Waals surface area contributed by atoms with Gasteiger partial charge in [-0.3, -0.25) is 10.2 Å². The Morgan fingerprint density at radius 1 is 1.14 bits per heavy atom. The molecule has 0 aromatic heterocycles. The van der Waals surface area contributed by atoms with Crippen LogP contribution < -0.4 is 9.47 Å². The van der Waals surface area contributed by atoms with Crippen molar-refractivity contribution in [1.29, 1.82) is 5.41 Å². The van der Waals surface area contributed by atoms with Crippen LogP contribution in [0.5, 0.6) is 11.5 Å². The van der Waals surface area contributed by atoms with Gasteiger partial charge >= 0.3 is 0 Å². The van der Waals surface area contributed by atoms with Crippen molar-refractivity contribution in [3.8, 4) is 11.5 Å². The number of hydrazone groups is 1. The first-order chi connectivity index (χ1) is 16.7. The van der Waals surface area contributed by atoms with Crippen molar-refractivity contribution in [2.45, 2.75) is 26.9 Å². The molecule has 2 heterocycles. The number of rotatable bonds is 7. The number of sulfone groups is 1. The summed E-state index contributed by atoms with van der Waals surface area (Å²) in [7, 11) is -3.59. The zero-order valence-electron chi connectivity index (χ0n) is 19.4. The van der Waals surface area contributed by atoms with E-state index in [0.717, 1.165) is 22.3 Å². The van der Waals surface area contributed by atoms with Crippen LogP contribution in [-0.4, -0.2) is 47.1 Å². The van der Waals surface area contributed by atoms with Gasteiger partial charge < -0.3 is 9.47 Å². The molecule has 2 aliphatic heterocycles. The van der Waals surface area contributed by atoms with Crippen molar-refractivity contribution in [2.24, 2.45) is 10.1 Å². The third kappa shape index (κ3) is 5.15. The molecule has 0 bridgehead atoms. The number of amides is 1. The summed E-state index contributed by atoms with van der Waals surface area (Å²) in [4.78, 5) is 16.6. The highest BCUT2D eigenvalue weighted by atomic mass is 32.3. The lowest BCUT2D eigenvalue weighted by Gasteiger charge is -2.20. The van der Waals surface area contributed by atoms with Crippen LogP contribution >= 0.6 is 11.8 Å². The van der Waals surface area contributed by atoms with Crippen molar-refractivity contribution < 1.29 is 22.7 Å². The maximum Gasteiger partial charge on any atom is 0.283 e. The number of fused-ring (bicyclic) bond motifs is 1. The molecule has 4 rings (SSSR count). The number of ether oxygens (including phenoxy) is 2. The van der Waals surface area contributed by atoms with Crippen LogP contribution in [-0.2, 0) is 14.6 Å². The van der Waals surface area contributed by atoms with Crippen molar-refractivity contribution in [3.05, 3.63) is 65.2 Å². The second kappa shape index (κ2) is 10.0. The molecule has 0 aliphatic carbocycles. The number of thioether (sulfide) groups is 1. The first kappa shape index (κ1) is 24.7. The molecule has 35 heavy (non-hydrogen) atoms. The minimum Gasteiger partial charge on any atom is -0.490 e. The highest BCUT2D eigenvalue weighted by Crippen LogP contribution is 2.34. The molecule has 2 aromatic carbocycles. The molecule has 0 radical (unpaired) electrons. The Balaban J connectivity index is 1.62. The highest BCUT2D eigenvalue weighted by Gasteiger charge is 2.39. The van der Waals surface area contributed by atoms with Crippen LogP contribution in [0.1, 0.15) is 38.0 Å². The Bertz CT molecular complexity index is 1370. The molecular formula is C24H24N4O5S2. The number of aliphatic imine (C=N–C) groups is 1. The van der Waals surface area contributed by atoms with Crippen LogP contribution in [0.3, 0.4) is 0 Å². The van der Waals surface area contributed by atoms with E-state index < -0.39 is 15.7 Å². The smallest absolute Gasteiger partial charge is 0.283 e. The quantitative estimate of drug-likeness (QED) is 0.551. The summed E-state index contributed by atoms with van der Waals surface area (Å²) in [6.07, 6.45) is 1.30. The predicted molar refractivity (Wildman–Crippen MR) is 138 cm³/mol. The van der Waals surface area contributed by atoms with Gasteiger partial charge in [-0.05, 0) is 54.9 Å². The number of nitrogens with one attached hydrogen (secondary N) is 1. The zero-order chi connectivity index (χ0) is 25.2. The van der Waals surface area contributed by atoms with Crippen LogP contribution in [0.15, 0.2) is 64.2 Å². The van der Waals surface area contributed by atoms with E-state index in [9.17, 15) is 13.2 Å². The van der Waals surface area contributed by atoms with E-state index in [-0.39, 0.29) is 32.8 Å². The Morgan fingerprint density at radius 2 is 1.89 bits per heavy atom. The first-order valence-electron chi connectivity index (χ1n) is 10.9. The predicted octanol–water partition coefficient (Wildman–Crippen LogP) is 4.24. The van der Waals surface area contributed by atoms with Crippen LogP contribution in [0.4, 0.5) is 0 Å². The summed E-state index contributed by atoms with van der Waals surface area (Å²) >= 11 is 0.769. The topological polar surface area (TPSA) is 121 Å². The van der Waals surface area contributed by atoms with E-state index in [2.05, 4.69) is 10.1 Å². The number of amidine groups is 2. The fourth-order valence-corrected chi connectivity index (χ4v) is 5.52. The van der Waals surface area contributed by atoms with Gasteiger partial charge in [-0.1, -0.05) is 43.3 Å². The summed E-state index contributed by atoms with van der Waals surface area (Å²) in [5, 5.41) is 13.6. The van der Waals surface area contributed by atoms with Gasteiger partial charge in [-0.25, -0.2) is 8.42 Å². The minimum absolute atomic E-state index is 0.0120. The number of carbonyl (C=O) groups is 1. The van der Waals surface area contributed by atoms with Gasteiger partial charge in [0, 0.05) is 0 Å². The summed E-state index contributed by atoms with van der Waals surface area (Å²) in [6.45, 7) is 5.72. The molecule has 9 nitrogen and oxygen atoms in total. The van der Waals surface area contributed by atoms with Gasteiger partial charge in [0.15, 0.2) is 17.3 Å². The van der Waals surface area contributed by atoms with Crippen LogP contribution in [0.25, 0.3) is 6.08 Å². The molecule has 2 aromatic rings. The molecule has 2 aliphatic rings. The number of hydrogen-bond acceptors (Lipinski definition) is 8. The fraction of sp³-hybridized carbons (Fsp3) is 0.250. The average Bonchev–Trinajstić information content (AvgIpc) is 3.29. The Hall–Kier alpha value is -3.44. The Labute approximate surface area is 208 Å². The van der Waals surface area contributed by atoms with E-state index in [0.29, 0.717) is 23.7 Å². The van der Waals surface area contributed by atoms with Crippen molar-refractivity contribution >= 4 is 49.0 Å². The van der Waals surface area contributed by atoms with Crippen molar-refractivity contribution in [2.75, 3.05) is 12.4 Å². The van der Waals surface area contributed by atoms with Crippen molar-refractivity contribution in [3.63, 3.8) is 0 Å². The summed E-state index contributed by atoms with van der Waals surface area (Å²) in [5.41, 5.74) is 1.60. The van der Waals surface area contributed by atoms with Gasteiger partial charge in [0.2, 0.25) is 19.4 Å². The third-order valence-corrected chi connectivity index (χ3v) is 8.32. The van der Waals surface area contributed by atoms with E-state index in [1.54, 1.807) is 18.2 Å². The average molecular weight is 513 g/mol. The highest BCUT2D eigenvalue weighted by molar-refractivity contribution is 8.42. The molecule has 1 atom stereocenters. The van der Waals surface area contributed by atoms with E-state index in [4.69, 9.17) is 14.9 Å².